The smallest absolute Gasteiger partial charge is 0.0506 e. The van der Waals surface area contributed by atoms with E-state index in [1.54, 1.807) is 0 Å². The van der Waals surface area contributed by atoms with E-state index in [0.29, 0.717) is 0 Å². The molecule has 2 heteroatoms. The molecule has 1 saturated carbocycles. The Labute approximate surface area is 74.7 Å². The third-order valence-corrected chi connectivity index (χ3v) is 2.80. The van der Waals surface area contributed by atoms with Crippen LogP contribution in [-0.4, -0.2) is 26.3 Å². The van der Waals surface area contributed by atoms with Crippen LogP contribution in [0.1, 0.15) is 25.7 Å². The molecule has 1 saturated heterocycles. The van der Waals surface area contributed by atoms with Gasteiger partial charge >= 0.3 is 0 Å². The van der Waals surface area contributed by atoms with Crippen LogP contribution in [0, 0.1) is 11.8 Å². The Morgan fingerprint density at radius 2 is 1.92 bits per heavy atom. The second kappa shape index (κ2) is 4.24. The summed E-state index contributed by atoms with van der Waals surface area (Å²) in [4.78, 5) is 0. The van der Waals surface area contributed by atoms with Gasteiger partial charge in [-0.2, -0.15) is 0 Å². The fraction of sp³-hybridized carbons (Fsp3) is 1.00. The maximum atomic E-state index is 5.66. The summed E-state index contributed by atoms with van der Waals surface area (Å²) >= 11 is 0. The Bertz CT molecular complexity index is 128. The van der Waals surface area contributed by atoms with Crippen molar-refractivity contribution in [1.82, 2.24) is 5.32 Å². The highest BCUT2D eigenvalue weighted by molar-refractivity contribution is 4.73. The molecule has 1 atom stereocenters. The average molecular weight is 169 g/mol. The van der Waals surface area contributed by atoms with Gasteiger partial charge in [-0.25, -0.2) is 0 Å². The number of nitrogens with one attached hydrogen (secondary N) is 1. The molecule has 0 unspecified atom stereocenters. The van der Waals surface area contributed by atoms with E-state index in [2.05, 4.69) is 5.32 Å². The van der Waals surface area contributed by atoms with Crippen LogP contribution < -0.4 is 5.32 Å². The molecule has 2 nitrogen and oxygen atoms in total. The summed E-state index contributed by atoms with van der Waals surface area (Å²) in [6.45, 7) is 4.39. The Morgan fingerprint density at radius 1 is 1.08 bits per heavy atom. The van der Waals surface area contributed by atoms with Crippen LogP contribution in [0.15, 0.2) is 0 Å². The lowest BCUT2D eigenvalue weighted by Crippen LogP contribution is -2.32. The van der Waals surface area contributed by atoms with E-state index in [4.69, 9.17) is 4.74 Å². The van der Waals surface area contributed by atoms with Gasteiger partial charge in [-0.05, 0) is 44.1 Å². The van der Waals surface area contributed by atoms with Gasteiger partial charge < -0.3 is 10.1 Å². The third kappa shape index (κ3) is 2.76. The van der Waals surface area contributed by atoms with E-state index < -0.39 is 0 Å². The topological polar surface area (TPSA) is 21.3 Å². The molecular formula is C10H19NO. The van der Waals surface area contributed by atoms with Gasteiger partial charge in [0, 0.05) is 13.2 Å². The summed E-state index contributed by atoms with van der Waals surface area (Å²) in [5.41, 5.74) is 0. The van der Waals surface area contributed by atoms with Crippen molar-refractivity contribution in [3.63, 3.8) is 0 Å². The first kappa shape index (κ1) is 8.52. The van der Waals surface area contributed by atoms with Crippen molar-refractivity contribution in [2.24, 2.45) is 11.8 Å². The summed E-state index contributed by atoms with van der Waals surface area (Å²) in [5, 5.41) is 3.41. The second-order valence-electron chi connectivity index (χ2n) is 4.19. The van der Waals surface area contributed by atoms with Gasteiger partial charge in [-0.3, -0.25) is 0 Å². The van der Waals surface area contributed by atoms with Crippen LogP contribution in [0.2, 0.25) is 0 Å². The van der Waals surface area contributed by atoms with E-state index in [1.165, 1.54) is 38.8 Å². The Balaban J connectivity index is 1.52. The molecule has 0 amide bonds. The molecular weight excluding hydrogens is 150 g/mol. The molecule has 2 rings (SSSR count). The van der Waals surface area contributed by atoms with Crippen molar-refractivity contribution < 1.29 is 4.74 Å². The van der Waals surface area contributed by atoms with E-state index in [-0.39, 0.29) is 0 Å². The number of piperidine rings is 1. The normalized spacial score (nSPS) is 30.5. The Hall–Kier alpha value is -0.0800. The minimum absolute atomic E-state index is 0.789. The van der Waals surface area contributed by atoms with Crippen LogP contribution in [0.5, 0.6) is 0 Å². The molecule has 1 heterocycles. The van der Waals surface area contributed by atoms with Crippen molar-refractivity contribution in [3.05, 3.63) is 0 Å². The molecule has 0 spiro atoms. The highest BCUT2D eigenvalue weighted by atomic mass is 16.5. The monoisotopic (exact) mass is 169 g/mol. The average Bonchev–Trinajstić information content (AvgIpc) is 2.90. The lowest BCUT2D eigenvalue weighted by atomic mass is 10.0. The molecule has 0 aromatic heterocycles. The first-order chi connectivity index (χ1) is 5.95. The van der Waals surface area contributed by atoms with Crippen LogP contribution in [0.25, 0.3) is 0 Å². The predicted octanol–water partition coefficient (Wildman–Crippen LogP) is 1.41. The fourth-order valence-corrected chi connectivity index (χ4v) is 1.75. The summed E-state index contributed by atoms with van der Waals surface area (Å²) in [6, 6.07) is 0. The zero-order chi connectivity index (χ0) is 8.23. The van der Waals surface area contributed by atoms with Gasteiger partial charge in [-0.15, -0.1) is 0 Å². The number of ether oxygens (including phenoxy) is 1. The van der Waals surface area contributed by atoms with Crippen molar-refractivity contribution in [3.8, 4) is 0 Å². The van der Waals surface area contributed by atoms with E-state index in [1.807, 2.05) is 0 Å². The van der Waals surface area contributed by atoms with Crippen molar-refractivity contribution in [2.75, 3.05) is 26.3 Å². The summed E-state index contributed by atoms with van der Waals surface area (Å²) in [6.07, 6.45) is 5.50. The molecule has 70 valence electrons. The SMILES string of the molecule is C1CNC[C@H](COCC2CC2)C1. The minimum Gasteiger partial charge on any atom is -0.381 e. The summed E-state index contributed by atoms with van der Waals surface area (Å²) in [7, 11) is 0. The van der Waals surface area contributed by atoms with E-state index in [9.17, 15) is 0 Å². The van der Waals surface area contributed by atoms with Gasteiger partial charge in [0.15, 0.2) is 0 Å². The molecule has 0 radical (unpaired) electrons. The molecule has 1 aliphatic heterocycles. The molecule has 0 bridgehead atoms. The lowest BCUT2D eigenvalue weighted by molar-refractivity contribution is 0.0825. The van der Waals surface area contributed by atoms with Crippen LogP contribution >= 0.6 is 0 Å². The van der Waals surface area contributed by atoms with Crippen molar-refractivity contribution in [2.45, 2.75) is 25.7 Å². The quantitative estimate of drug-likeness (QED) is 0.687. The highest BCUT2D eigenvalue weighted by Gasteiger charge is 2.22. The number of hydrogen-bond donors (Lipinski definition) is 1. The summed E-state index contributed by atoms with van der Waals surface area (Å²) in [5.74, 6) is 1.71. The van der Waals surface area contributed by atoms with Crippen LogP contribution in [-0.2, 0) is 4.74 Å². The molecule has 2 fully saturated rings. The second-order valence-corrected chi connectivity index (χ2v) is 4.19. The van der Waals surface area contributed by atoms with E-state index >= 15 is 0 Å². The fourth-order valence-electron chi connectivity index (χ4n) is 1.75. The molecule has 0 aromatic rings. The lowest BCUT2D eigenvalue weighted by Gasteiger charge is -2.22. The third-order valence-electron chi connectivity index (χ3n) is 2.80. The van der Waals surface area contributed by atoms with Gasteiger partial charge in [-0.1, -0.05) is 0 Å². The van der Waals surface area contributed by atoms with Gasteiger partial charge in [0.05, 0.1) is 6.61 Å². The molecule has 1 N–H and O–H groups in total. The van der Waals surface area contributed by atoms with Gasteiger partial charge in [0.2, 0.25) is 0 Å². The number of rotatable bonds is 4. The zero-order valence-corrected chi connectivity index (χ0v) is 7.72. The number of hydrogen-bond acceptors (Lipinski definition) is 2. The Morgan fingerprint density at radius 3 is 2.58 bits per heavy atom. The summed E-state index contributed by atoms with van der Waals surface area (Å²) < 4.78 is 5.66. The predicted molar refractivity (Wildman–Crippen MR) is 49.1 cm³/mol. The first-order valence-corrected chi connectivity index (χ1v) is 5.23. The van der Waals surface area contributed by atoms with Crippen LogP contribution in [0.4, 0.5) is 0 Å². The van der Waals surface area contributed by atoms with Gasteiger partial charge in [0.25, 0.3) is 0 Å². The van der Waals surface area contributed by atoms with E-state index in [0.717, 1.165) is 25.0 Å². The largest absolute Gasteiger partial charge is 0.381 e. The maximum absolute atomic E-state index is 5.66. The van der Waals surface area contributed by atoms with Crippen molar-refractivity contribution in [1.29, 1.82) is 0 Å². The minimum atomic E-state index is 0.789. The molecule has 0 aromatic carbocycles. The standard InChI is InChI=1S/C10H19NO/c1-2-10(6-11-5-1)8-12-7-9-3-4-9/h9-11H,1-8H2/t10-/m1/s1. The molecule has 12 heavy (non-hydrogen) atoms. The van der Waals surface area contributed by atoms with Crippen molar-refractivity contribution >= 4 is 0 Å². The zero-order valence-electron chi connectivity index (χ0n) is 7.72. The van der Waals surface area contributed by atoms with Gasteiger partial charge in [0.1, 0.15) is 0 Å². The molecule has 1 aliphatic carbocycles. The first-order valence-electron chi connectivity index (χ1n) is 5.23. The molecule has 2 aliphatic rings. The Kier molecular flexibility index (Phi) is 3.01. The highest BCUT2D eigenvalue weighted by Crippen LogP contribution is 2.29. The maximum Gasteiger partial charge on any atom is 0.0506 e. The van der Waals surface area contributed by atoms with Crippen LogP contribution in [0.3, 0.4) is 0 Å².